The smallest absolute Gasteiger partial charge is 0.347 e. The Morgan fingerprint density at radius 1 is 1.75 bits per heavy atom. The van der Waals surface area contributed by atoms with Crippen LogP contribution in [0.3, 0.4) is 0 Å². The van der Waals surface area contributed by atoms with E-state index in [2.05, 4.69) is 20.6 Å². The first-order valence-corrected chi connectivity index (χ1v) is 4.01. The maximum absolute atomic E-state index is 10.9. The van der Waals surface area contributed by atoms with E-state index in [1.165, 1.54) is 0 Å². The van der Waals surface area contributed by atoms with Gasteiger partial charge in [0, 0.05) is 11.7 Å². The van der Waals surface area contributed by atoms with E-state index >= 15 is 0 Å². The molecule has 1 heterocycles. The molecule has 0 aromatic carbocycles. The summed E-state index contributed by atoms with van der Waals surface area (Å²) in [7, 11) is 2.12. The van der Waals surface area contributed by atoms with Gasteiger partial charge in [0.2, 0.25) is 6.10 Å². The van der Waals surface area contributed by atoms with Crippen LogP contribution in [-0.2, 0) is 19.1 Å². The molecule has 1 saturated heterocycles. The Balaban J connectivity index is 2.46. The Bertz CT molecular complexity index is 236. The van der Waals surface area contributed by atoms with Crippen LogP contribution in [0.1, 0.15) is 6.42 Å². The van der Waals surface area contributed by atoms with Gasteiger partial charge in [-0.3, -0.25) is 0 Å². The molecule has 5 heteroatoms. The monoisotopic (exact) mass is 188 g/mol. The summed E-state index contributed by atoms with van der Waals surface area (Å²) in [6, 6.07) is 0. The van der Waals surface area contributed by atoms with Gasteiger partial charge < -0.3 is 9.47 Å². The molecule has 0 saturated carbocycles. The summed E-state index contributed by atoms with van der Waals surface area (Å²) in [5.74, 6) is -1.06. The second-order valence-corrected chi connectivity index (χ2v) is 3.07. The minimum atomic E-state index is -0.741. The van der Waals surface area contributed by atoms with Crippen LogP contribution in [0.2, 0.25) is 0 Å². The van der Waals surface area contributed by atoms with Gasteiger partial charge in [-0.2, -0.15) is 0 Å². The van der Waals surface area contributed by atoms with Crippen LogP contribution < -0.4 is 0 Å². The van der Waals surface area contributed by atoms with E-state index in [1.54, 1.807) is 0 Å². The van der Waals surface area contributed by atoms with E-state index < -0.39 is 18.0 Å². The van der Waals surface area contributed by atoms with Crippen LogP contribution >= 0.6 is 9.24 Å². The topological polar surface area (TPSA) is 52.6 Å². The summed E-state index contributed by atoms with van der Waals surface area (Å²) in [4.78, 5) is 21.7. The average molecular weight is 188 g/mol. The lowest BCUT2D eigenvalue weighted by atomic mass is 10.3. The summed E-state index contributed by atoms with van der Waals surface area (Å²) >= 11 is 0. The van der Waals surface area contributed by atoms with E-state index in [9.17, 15) is 9.59 Å². The maximum atomic E-state index is 10.9. The number of ether oxygens (including phenoxy) is 2. The zero-order chi connectivity index (χ0) is 9.14. The maximum Gasteiger partial charge on any atom is 0.347 e. The highest BCUT2D eigenvalue weighted by Crippen LogP contribution is 2.13. The lowest BCUT2D eigenvalue weighted by molar-refractivity contribution is -0.157. The Morgan fingerprint density at radius 3 is 2.83 bits per heavy atom. The predicted molar refractivity (Wildman–Crippen MR) is 44.3 cm³/mol. The van der Waals surface area contributed by atoms with Crippen molar-refractivity contribution in [2.45, 2.75) is 12.5 Å². The Morgan fingerprint density at radius 2 is 2.42 bits per heavy atom. The van der Waals surface area contributed by atoms with Crippen molar-refractivity contribution in [3.05, 3.63) is 11.9 Å². The third-order valence-electron chi connectivity index (χ3n) is 1.40. The number of cyclic esters (lactones) is 1. The minimum absolute atomic E-state index is 0.203. The van der Waals surface area contributed by atoms with Crippen molar-refractivity contribution in [2.75, 3.05) is 6.61 Å². The zero-order valence-corrected chi connectivity index (χ0v) is 7.56. The van der Waals surface area contributed by atoms with Crippen molar-refractivity contribution in [1.82, 2.24) is 0 Å². The quantitative estimate of drug-likeness (QED) is 0.353. The molecular weight excluding hydrogens is 179 g/mol. The van der Waals surface area contributed by atoms with Crippen molar-refractivity contribution in [1.29, 1.82) is 0 Å². The molecule has 12 heavy (non-hydrogen) atoms. The van der Waals surface area contributed by atoms with Crippen molar-refractivity contribution in [3.8, 4) is 0 Å². The molecule has 0 aliphatic carbocycles. The van der Waals surface area contributed by atoms with Gasteiger partial charge in [0.15, 0.2) is 0 Å². The number of hydrogen-bond donors (Lipinski definition) is 0. The molecule has 1 rings (SSSR count). The molecule has 0 aromatic rings. The fourth-order valence-corrected chi connectivity index (χ4v) is 0.857. The molecule has 4 nitrogen and oxygen atoms in total. The van der Waals surface area contributed by atoms with Crippen molar-refractivity contribution < 1.29 is 19.1 Å². The number of esters is 2. The van der Waals surface area contributed by atoms with Crippen LogP contribution in [0, 0.1) is 0 Å². The second-order valence-electron chi connectivity index (χ2n) is 2.38. The molecule has 1 aliphatic heterocycles. The lowest BCUT2D eigenvalue weighted by Gasteiger charge is -2.06. The van der Waals surface area contributed by atoms with Crippen molar-refractivity contribution >= 4 is 21.2 Å². The van der Waals surface area contributed by atoms with E-state index in [0.717, 1.165) is 0 Å². The number of rotatable bonds is 2. The first kappa shape index (κ1) is 9.20. The SMILES string of the molecule is C=C(P)C(=O)OC1CCOC1=O. The summed E-state index contributed by atoms with van der Waals surface area (Å²) in [5.41, 5.74) is 0. The normalized spacial score (nSPS) is 21.8. The van der Waals surface area contributed by atoms with Gasteiger partial charge in [0.1, 0.15) is 0 Å². The van der Waals surface area contributed by atoms with E-state index in [-0.39, 0.29) is 5.31 Å². The summed E-state index contributed by atoms with van der Waals surface area (Å²) < 4.78 is 9.34. The third kappa shape index (κ3) is 2.05. The van der Waals surface area contributed by atoms with Crippen molar-refractivity contribution in [3.63, 3.8) is 0 Å². The fraction of sp³-hybridized carbons (Fsp3) is 0.429. The number of carbonyl (C=O) groups is 2. The predicted octanol–water partition coefficient (Wildman–Crippen LogP) is 0.234. The molecule has 0 amide bonds. The molecule has 2 atom stereocenters. The van der Waals surface area contributed by atoms with Gasteiger partial charge in [0.25, 0.3) is 0 Å². The van der Waals surface area contributed by atoms with Crippen molar-refractivity contribution in [2.24, 2.45) is 0 Å². The van der Waals surface area contributed by atoms with Crippen LogP contribution in [0.5, 0.6) is 0 Å². The molecule has 0 spiro atoms. The molecule has 0 aromatic heterocycles. The molecule has 0 bridgehead atoms. The third-order valence-corrected chi connectivity index (χ3v) is 1.63. The second kappa shape index (κ2) is 3.68. The summed E-state index contributed by atoms with van der Waals surface area (Å²) in [6.45, 7) is 3.68. The lowest BCUT2D eigenvalue weighted by Crippen LogP contribution is -2.22. The van der Waals surface area contributed by atoms with E-state index in [4.69, 9.17) is 4.74 Å². The van der Waals surface area contributed by atoms with Crippen LogP contribution in [0.15, 0.2) is 11.9 Å². The molecule has 66 valence electrons. The average Bonchev–Trinajstić information content (AvgIpc) is 2.36. The van der Waals surface area contributed by atoms with Gasteiger partial charge in [-0.1, -0.05) is 15.8 Å². The first-order chi connectivity index (χ1) is 5.61. The standard InChI is InChI=1S/C7H9O4P/c1-4(12)6(8)11-5-2-3-10-7(5)9/h5H,1-3,12H2. The highest BCUT2D eigenvalue weighted by atomic mass is 31.0. The highest BCUT2D eigenvalue weighted by Gasteiger charge is 2.30. The van der Waals surface area contributed by atoms with E-state index in [0.29, 0.717) is 13.0 Å². The minimum Gasteiger partial charge on any atom is -0.463 e. The summed E-state index contributed by atoms with van der Waals surface area (Å²) in [6.07, 6.45) is -0.308. The van der Waals surface area contributed by atoms with Gasteiger partial charge in [-0.15, -0.1) is 0 Å². The van der Waals surface area contributed by atoms with Gasteiger partial charge in [-0.25, -0.2) is 9.59 Å². The molecule has 1 aliphatic rings. The molecule has 0 N–H and O–H groups in total. The van der Waals surface area contributed by atoms with Crippen LogP contribution in [0.4, 0.5) is 0 Å². The highest BCUT2D eigenvalue weighted by molar-refractivity contribution is 7.24. The first-order valence-electron chi connectivity index (χ1n) is 3.43. The molecule has 1 fully saturated rings. The molecular formula is C7H9O4P. The van der Waals surface area contributed by atoms with Crippen LogP contribution in [0.25, 0.3) is 0 Å². The van der Waals surface area contributed by atoms with E-state index in [1.807, 2.05) is 0 Å². The number of carbonyl (C=O) groups excluding carboxylic acids is 2. The van der Waals surface area contributed by atoms with Gasteiger partial charge in [0.05, 0.1) is 6.61 Å². The number of hydrogen-bond acceptors (Lipinski definition) is 4. The summed E-state index contributed by atoms with van der Waals surface area (Å²) in [5, 5.41) is 0.203. The Labute approximate surface area is 72.1 Å². The fourth-order valence-electron chi connectivity index (χ4n) is 0.789. The van der Waals surface area contributed by atoms with Gasteiger partial charge in [-0.05, 0) is 0 Å². The molecule has 0 radical (unpaired) electrons. The molecule has 2 unspecified atom stereocenters. The Hall–Kier alpha value is -0.890. The van der Waals surface area contributed by atoms with Gasteiger partial charge >= 0.3 is 11.9 Å². The largest absolute Gasteiger partial charge is 0.463 e. The Kier molecular flexibility index (Phi) is 2.82. The van der Waals surface area contributed by atoms with Crippen LogP contribution in [-0.4, -0.2) is 24.6 Å². The zero-order valence-electron chi connectivity index (χ0n) is 6.41.